The number of H-pyrrole nitrogens is 1. The molecule has 0 aliphatic carbocycles. The fraction of sp³-hybridized carbons (Fsp3) is 0. The lowest BCUT2D eigenvalue weighted by Gasteiger charge is -1.89. The predicted octanol–water partition coefficient (Wildman–Crippen LogP) is 1.94. The van der Waals surface area contributed by atoms with E-state index in [1.807, 2.05) is 0 Å². The number of nitrogens with one attached hydrogen (secondary N) is 1. The van der Waals surface area contributed by atoms with Crippen molar-refractivity contribution in [2.75, 3.05) is 0 Å². The Hall–Kier alpha value is -2.70. The van der Waals surface area contributed by atoms with Gasteiger partial charge in [-0.1, -0.05) is 23.4 Å². The Morgan fingerprint density at radius 2 is 2.12 bits per heavy atom. The number of hydrogen-bond donors (Lipinski definition) is 3. The van der Waals surface area contributed by atoms with Crippen molar-refractivity contribution in [2.24, 2.45) is 15.4 Å². The number of carbonyl (C=O) groups excluding carboxylic acids is 1. The Morgan fingerprint density at radius 1 is 1.35 bits per heavy atom. The summed E-state index contributed by atoms with van der Waals surface area (Å²) in [6.45, 7) is 0. The number of aromatic hydroxyl groups is 1. The average molecular weight is 232 g/mol. The summed E-state index contributed by atoms with van der Waals surface area (Å²) in [7, 11) is 0. The number of aromatic amines is 1. The minimum absolute atomic E-state index is 0.167. The zero-order chi connectivity index (χ0) is 12.3. The molecule has 0 unspecified atom stereocenters. The van der Waals surface area contributed by atoms with Crippen molar-refractivity contribution < 1.29 is 15.1 Å². The number of azo groups is 1. The van der Waals surface area contributed by atoms with Crippen LogP contribution in [0.2, 0.25) is 0 Å². The molecule has 0 saturated heterocycles. The molecule has 0 aliphatic heterocycles. The molecule has 7 nitrogen and oxygen atoms in total. The molecule has 0 fully saturated rings. The minimum atomic E-state index is -0.822. The predicted molar refractivity (Wildman–Crippen MR) is 59.8 cm³/mol. The number of hydrogen-bond acceptors (Lipinski definition) is 5. The van der Waals surface area contributed by atoms with Crippen LogP contribution in [0.5, 0.6) is 5.88 Å². The summed E-state index contributed by atoms with van der Waals surface area (Å²) >= 11 is 0. The number of oxime groups is 1. The normalized spacial score (nSPS) is 11.8. The summed E-state index contributed by atoms with van der Waals surface area (Å²) in [6, 6.07) is 7.05. The van der Waals surface area contributed by atoms with Crippen molar-refractivity contribution in [1.29, 1.82) is 0 Å². The first-order chi connectivity index (χ1) is 8.22. The van der Waals surface area contributed by atoms with Crippen LogP contribution < -0.4 is 0 Å². The molecule has 2 rings (SSSR count). The number of para-hydroxylation sites is 1. The van der Waals surface area contributed by atoms with Gasteiger partial charge in [0.1, 0.15) is 6.21 Å². The average Bonchev–Trinajstić information content (AvgIpc) is 2.62. The van der Waals surface area contributed by atoms with Crippen molar-refractivity contribution in [3.63, 3.8) is 0 Å². The second-order valence-corrected chi connectivity index (χ2v) is 3.15. The summed E-state index contributed by atoms with van der Waals surface area (Å²) < 4.78 is 0. The van der Waals surface area contributed by atoms with E-state index < -0.39 is 5.91 Å². The quantitative estimate of drug-likeness (QED) is 0.318. The molecule has 0 radical (unpaired) electrons. The largest absolute Gasteiger partial charge is 0.493 e. The lowest BCUT2D eigenvalue weighted by molar-refractivity contribution is -0.111. The van der Waals surface area contributed by atoms with Crippen molar-refractivity contribution in [1.82, 2.24) is 4.98 Å². The van der Waals surface area contributed by atoms with Gasteiger partial charge in [-0.3, -0.25) is 4.79 Å². The molecule has 0 spiro atoms. The van der Waals surface area contributed by atoms with E-state index in [-0.39, 0.29) is 11.6 Å². The Kier molecular flexibility index (Phi) is 2.82. The zero-order valence-corrected chi connectivity index (χ0v) is 8.53. The Balaban J connectivity index is 2.42. The van der Waals surface area contributed by atoms with Crippen LogP contribution in [0, 0.1) is 0 Å². The summed E-state index contributed by atoms with van der Waals surface area (Å²) in [4.78, 5) is 13.6. The van der Waals surface area contributed by atoms with Crippen LogP contribution in [0.4, 0.5) is 5.69 Å². The number of benzene rings is 1. The lowest BCUT2D eigenvalue weighted by atomic mass is 10.2. The summed E-state index contributed by atoms with van der Waals surface area (Å²) in [5.41, 5.74) is 0.850. The number of rotatable bonds is 2. The third-order valence-corrected chi connectivity index (χ3v) is 2.08. The van der Waals surface area contributed by atoms with E-state index in [1.165, 1.54) is 0 Å². The topological polar surface area (TPSA) is 110 Å². The molecule has 1 heterocycles. The van der Waals surface area contributed by atoms with Crippen molar-refractivity contribution in [3.8, 4) is 5.88 Å². The van der Waals surface area contributed by atoms with Gasteiger partial charge in [-0.05, 0) is 6.07 Å². The molecule has 0 aliphatic rings. The van der Waals surface area contributed by atoms with Crippen LogP contribution in [0.15, 0.2) is 39.6 Å². The van der Waals surface area contributed by atoms with E-state index >= 15 is 0 Å². The van der Waals surface area contributed by atoms with Gasteiger partial charge in [0.05, 0.1) is 5.52 Å². The number of carbonyl (C=O) groups is 1. The summed E-state index contributed by atoms with van der Waals surface area (Å²) in [5, 5.41) is 27.7. The van der Waals surface area contributed by atoms with Crippen molar-refractivity contribution in [3.05, 3.63) is 24.3 Å². The highest BCUT2D eigenvalue weighted by atomic mass is 16.4. The second-order valence-electron chi connectivity index (χ2n) is 3.15. The van der Waals surface area contributed by atoms with Gasteiger partial charge in [0.2, 0.25) is 5.88 Å². The van der Waals surface area contributed by atoms with Gasteiger partial charge in [0.25, 0.3) is 0 Å². The highest BCUT2D eigenvalue weighted by Gasteiger charge is 2.09. The van der Waals surface area contributed by atoms with E-state index in [1.54, 1.807) is 24.3 Å². The number of aromatic nitrogens is 1. The molecule has 1 aromatic heterocycles. The van der Waals surface area contributed by atoms with Crippen LogP contribution >= 0.6 is 0 Å². The maximum absolute atomic E-state index is 10.9. The summed E-state index contributed by atoms with van der Waals surface area (Å²) in [5.74, 6) is -0.999. The van der Waals surface area contributed by atoms with Crippen LogP contribution in [-0.4, -0.2) is 27.4 Å². The first kappa shape index (κ1) is 10.8. The molecule has 86 valence electrons. The monoisotopic (exact) mass is 232 g/mol. The Morgan fingerprint density at radius 3 is 2.88 bits per heavy atom. The molecule has 2 aromatic rings. The van der Waals surface area contributed by atoms with E-state index in [2.05, 4.69) is 20.4 Å². The molecule has 1 aromatic carbocycles. The van der Waals surface area contributed by atoms with Gasteiger partial charge < -0.3 is 15.3 Å². The van der Waals surface area contributed by atoms with Crippen LogP contribution in [0.3, 0.4) is 0 Å². The minimum Gasteiger partial charge on any atom is -0.493 e. The maximum atomic E-state index is 10.9. The zero-order valence-electron chi connectivity index (χ0n) is 8.53. The van der Waals surface area contributed by atoms with Crippen molar-refractivity contribution >= 4 is 28.7 Å². The van der Waals surface area contributed by atoms with Gasteiger partial charge >= 0.3 is 5.91 Å². The Bertz CT molecular complexity index is 615. The Labute approximate surface area is 95.1 Å². The molecule has 0 atom stereocenters. The highest BCUT2D eigenvalue weighted by Crippen LogP contribution is 2.34. The van der Waals surface area contributed by atoms with E-state index in [0.717, 1.165) is 0 Å². The second kappa shape index (κ2) is 4.44. The number of amides is 1. The maximum Gasteiger partial charge on any atom is 0.309 e. The molecular weight excluding hydrogens is 224 g/mol. The van der Waals surface area contributed by atoms with Gasteiger partial charge in [-0.15, -0.1) is 10.2 Å². The number of fused-ring (bicyclic) bond motifs is 1. The van der Waals surface area contributed by atoms with Crippen LogP contribution in [-0.2, 0) is 4.79 Å². The first-order valence-corrected chi connectivity index (χ1v) is 4.65. The highest BCUT2D eigenvalue weighted by molar-refractivity contribution is 6.26. The van der Waals surface area contributed by atoms with Gasteiger partial charge in [0.15, 0.2) is 5.69 Å². The van der Waals surface area contributed by atoms with Gasteiger partial charge in [0, 0.05) is 5.39 Å². The van der Waals surface area contributed by atoms with Gasteiger partial charge in [-0.25, -0.2) is 0 Å². The van der Waals surface area contributed by atoms with Crippen molar-refractivity contribution in [2.45, 2.75) is 0 Å². The molecule has 17 heavy (non-hydrogen) atoms. The van der Waals surface area contributed by atoms with E-state index in [9.17, 15) is 9.90 Å². The molecule has 7 heteroatoms. The van der Waals surface area contributed by atoms with E-state index in [0.29, 0.717) is 17.1 Å². The molecular formula is C10H8N4O3. The van der Waals surface area contributed by atoms with Crippen LogP contribution in [0.25, 0.3) is 10.9 Å². The fourth-order valence-corrected chi connectivity index (χ4v) is 1.39. The first-order valence-electron chi connectivity index (χ1n) is 4.65. The third-order valence-electron chi connectivity index (χ3n) is 2.08. The summed E-state index contributed by atoms with van der Waals surface area (Å²) in [6.07, 6.45) is 0.607. The number of nitrogens with zero attached hydrogens (tertiary/aromatic N) is 3. The van der Waals surface area contributed by atoms with Crippen LogP contribution in [0.1, 0.15) is 0 Å². The fourth-order valence-electron chi connectivity index (χ4n) is 1.39. The third kappa shape index (κ3) is 2.12. The SMILES string of the molecule is O=C(C=NO)N=Nc1c(O)[nH]c2ccccc12. The molecule has 3 N–H and O–H groups in total. The van der Waals surface area contributed by atoms with E-state index in [4.69, 9.17) is 5.21 Å². The van der Waals surface area contributed by atoms with Gasteiger partial charge in [-0.2, -0.15) is 0 Å². The standard InChI is InChI=1S/C10H8N4O3/c15-8(5-11-17)13-14-9-6-3-1-2-4-7(6)12-10(9)16/h1-5,12,16-17H. The molecule has 0 saturated carbocycles. The molecule has 1 amide bonds. The molecule has 0 bridgehead atoms. The smallest absolute Gasteiger partial charge is 0.309 e. The lowest BCUT2D eigenvalue weighted by Crippen LogP contribution is -1.91.